The predicted octanol–water partition coefficient (Wildman–Crippen LogP) is 3.32. The third kappa shape index (κ3) is 3.04. The molecule has 0 fully saturated rings. The standard InChI is InChI=1S/C16H23N3/c1-5-7-16-15(11-19(4)18-16)14-9-6-8-13(10-14)12(2)17-3/h6,8-12,17H,5,7H2,1-4H3. The Bertz CT molecular complexity index is 543. The Morgan fingerprint density at radius 3 is 2.84 bits per heavy atom. The van der Waals surface area contributed by atoms with Gasteiger partial charge >= 0.3 is 0 Å². The van der Waals surface area contributed by atoms with E-state index >= 15 is 0 Å². The van der Waals surface area contributed by atoms with Crippen molar-refractivity contribution in [1.29, 1.82) is 0 Å². The third-order valence-electron chi connectivity index (χ3n) is 3.52. The van der Waals surface area contributed by atoms with Gasteiger partial charge in [0, 0.05) is 24.8 Å². The van der Waals surface area contributed by atoms with Crippen molar-refractivity contribution >= 4 is 0 Å². The number of rotatable bonds is 5. The van der Waals surface area contributed by atoms with Gasteiger partial charge in [0.05, 0.1) is 5.69 Å². The Morgan fingerprint density at radius 1 is 1.37 bits per heavy atom. The highest BCUT2D eigenvalue weighted by atomic mass is 15.2. The molecule has 0 aliphatic heterocycles. The van der Waals surface area contributed by atoms with Crippen molar-refractivity contribution in [1.82, 2.24) is 15.1 Å². The van der Waals surface area contributed by atoms with E-state index in [9.17, 15) is 0 Å². The second kappa shape index (κ2) is 6.02. The first kappa shape index (κ1) is 13.8. The average molecular weight is 257 g/mol. The second-order valence-electron chi connectivity index (χ2n) is 5.05. The van der Waals surface area contributed by atoms with E-state index in [1.807, 2.05) is 18.8 Å². The maximum Gasteiger partial charge on any atom is 0.0702 e. The van der Waals surface area contributed by atoms with Crippen molar-refractivity contribution < 1.29 is 0 Å². The fourth-order valence-corrected chi connectivity index (χ4v) is 2.34. The minimum Gasteiger partial charge on any atom is -0.313 e. The molecular weight excluding hydrogens is 234 g/mol. The molecule has 0 amide bonds. The van der Waals surface area contributed by atoms with E-state index in [1.54, 1.807) is 0 Å². The van der Waals surface area contributed by atoms with Crippen LogP contribution in [0.2, 0.25) is 0 Å². The Hall–Kier alpha value is -1.61. The molecule has 0 bridgehead atoms. The average Bonchev–Trinajstić information content (AvgIpc) is 2.79. The van der Waals surface area contributed by atoms with Crippen LogP contribution in [-0.4, -0.2) is 16.8 Å². The highest BCUT2D eigenvalue weighted by Crippen LogP contribution is 2.26. The fourth-order valence-electron chi connectivity index (χ4n) is 2.34. The lowest BCUT2D eigenvalue weighted by atomic mass is 9.99. The smallest absolute Gasteiger partial charge is 0.0702 e. The summed E-state index contributed by atoms with van der Waals surface area (Å²) in [5, 5.41) is 7.86. The van der Waals surface area contributed by atoms with Crippen LogP contribution in [-0.2, 0) is 13.5 Å². The van der Waals surface area contributed by atoms with E-state index in [0.29, 0.717) is 6.04 Å². The highest BCUT2D eigenvalue weighted by Gasteiger charge is 2.11. The van der Waals surface area contributed by atoms with Crippen LogP contribution in [0.3, 0.4) is 0 Å². The first-order chi connectivity index (χ1) is 9.15. The zero-order chi connectivity index (χ0) is 13.8. The van der Waals surface area contributed by atoms with Crippen molar-refractivity contribution in [3.05, 3.63) is 41.7 Å². The van der Waals surface area contributed by atoms with Gasteiger partial charge in [-0.05, 0) is 37.6 Å². The quantitative estimate of drug-likeness (QED) is 0.890. The molecule has 2 aromatic rings. The molecule has 0 spiro atoms. The van der Waals surface area contributed by atoms with Crippen LogP contribution in [0.25, 0.3) is 11.1 Å². The first-order valence-electron chi connectivity index (χ1n) is 6.95. The molecule has 1 unspecified atom stereocenters. The largest absolute Gasteiger partial charge is 0.313 e. The molecule has 1 aromatic heterocycles. The fraction of sp³-hybridized carbons (Fsp3) is 0.438. The lowest BCUT2D eigenvalue weighted by molar-refractivity contribution is 0.652. The number of nitrogens with zero attached hydrogens (tertiary/aromatic N) is 2. The Labute approximate surface area is 115 Å². The molecule has 0 aliphatic rings. The molecule has 1 N–H and O–H groups in total. The molecule has 0 aliphatic carbocycles. The summed E-state index contributed by atoms with van der Waals surface area (Å²) in [6.07, 6.45) is 4.27. The summed E-state index contributed by atoms with van der Waals surface area (Å²) in [5.41, 5.74) is 5.02. The molecule has 19 heavy (non-hydrogen) atoms. The van der Waals surface area contributed by atoms with E-state index in [-0.39, 0.29) is 0 Å². The topological polar surface area (TPSA) is 29.9 Å². The summed E-state index contributed by atoms with van der Waals surface area (Å²) in [6.45, 7) is 4.37. The van der Waals surface area contributed by atoms with E-state index in [0.717, 1.165) is 12.8 Å². The molecule has 3 nitrogen and oxygen atoms in total. The summed E-state index contributed by atoms with van der Waals surface area (Å²) >= 11 is 0. The summed E-state index contributed by atoms with van der Waals surface area (Å²) in [6, 6.07) is 9.09. The monoisotopic (exact) mass is 257 g/mol. The molecule has 0 saturated heterocycles. The maximum absolute atomic E-state index is 4.57. The van der Waals surface area contributed by atoms with Gasteiger partial charge in [-0.2, -0.15) is 5.10 Å². The van der Waals surface area contributed by atoms with Gasteiger partial charge in [0.25, 0.3) is 0 Å². The van der Waals surface area contributed by atoms with Crippen molar-refractivity contribution in [2.75, 3.05) is 7.05 Å². The van der Waals surface area contributed by atoms with E-state index in [1.165, 1.54) is 22.4 Å². The van der Waals surface area contributed by atoms with Crippen LogP contribution in [0, 0.1) is 0 Å². The number of benzene rings is 1. The first-order valence-corrected chi connectivity index (χ1v) is 6.95. The molecule has 1 heterocycles. The summed E-state index contributed by atoms with van der Waals surface area (Å²) in [5.74, 6) is 0. The zero-order valence-corrected chi connectivity index (χ0v) is 12.3. The van der Waals surface area contributed by atoms with E-state index in [4.69, 9.17) is 0 Å². The van der Waals surface area contributed by atoms with E-state index in [2.05, 4.69) is 54.7 Å². The van der Waals surface area contributed by atoms with Gasteiger partial charge < -0.3 is 5.32 Å². The molecule has 2 rings (SSSR count). The van der Waals surface area contributed by atoms with Gasteiger partial charge in [0.2, 0.25) is 0 Å². The lowest BCUT2D eigenvalue weighted by Crippen LogP contribution is -2.12. The number of hydrogen-bond donors (Lipinski definition) is 1. The number of nitrogens with one attached hydrogen (secondary N) is 1. The molecule has 0 radical (unpaired) electrons. The Balaban J connectivity index is 2.41. The molecule has 1 aromatic carbocycles. The van der Waals surface area contributed by atoms with Crippen molar-refractivity contribution in [3.8, 4) is 11.1 Å². The summed E-state index contributed by atoms with van der Waals surface area (Å²) in [7, 11) is 3.98. The summed E-state index contributed by atoms with van der Waals surface area (Å²) in [4.78, 5) is 0. The van der Waals surface area contributed by atoms with Crippen LogP contribution >= 0.6 is 0 Å². The van der Waals surface area contributed by atoms with Crippen molar-refractivity contribution in [2.45, 2.75) is 32.7 Å². The molecule has 3 heteroatoms. The highest BCUT2D eigenvalue weighted by molar-refractivity contribution is 5.66. The lowest BCUT2D eigenvalue weighted by Gasteiger charge is -2.12. The van der Waals surface area contributed by atoms with Crippen LogP contribution in [0.5, 0.6) is 0 Å². The SMILES string of the molecule is CCCc1nn(C)cc1-c1cccc(C(C)NC)c1. The number of aromatic nitrogens is 2. The third-order valence-corrected chi connectivity index (χ3v) is 3.52. The van der Waals surface area contributed by atoms with E-state index < -0.39 is 0 Å². The Morgan fingerprint density at radius 2 is 2.16 bits per heavy atom. The van der Waals surface area contributed by atoms with Gasteiger partial charge in [-0.25, -0.2) is 0 Å². The molecule has 1 atom stereocenters. The van der Waals surface area contributed by atoms with Gasteiger partial charge in [-0.1, -0.05) is 31.5 Å². The number of aryl methyl sites for hydroxylation is 2. The minimum absolute atomic E-state index is 0.367. The van der Waals surface area contributed by atoms with Crippen molar-refractivity contribution in [2.24, 2.45) is 7.05 Å². The normalized spacial score (nSPS) is 12.6. The van der Waals surface area contributed by atoms with Crippen LogP contribution < -0.4 is 5.32 Å². The number of hydrogen-bond acceptors (Lipinski definition) is 2. The molecule has 102 valence electrons. The molecular formula is C16H23N3. The molecule has 0 saturated carbocycles. The Kier molecular flexibility index (Phi) is 4.38. The zero-order valence-electron chi connectivity index (χ0n) is 12.3. The van der Waals surface area contributed by atoms with Crippen LogP contribution in [0.4, 0.5) is 0 Å². The van der Waals surface area contributed by atoms with Crippen LogP contribution in [0.15, 0.2) is 30.5 Å². The predicted molar refractivity (Wildman–Crippen MR) is 80.1 cm³/mol. The second-order valence-corrected chi connectivity index (χ2v) is 5.05. The van der Waals surface area contributed by atoms with Gasteiger partial charge in [-0.3, -0.25) is 4.68 Å². The van der Waals surface area contributed by atoms with Gasteiger partial charge in [0.1, 0.15) is 0 Å². The maximum atomic E-state index is 4.57. The summed E-state index contributed by atoms with van der Waals surface area (Å²) < 4.78 is 1.91. The van der Waals surface area contributed by atoms with Crippen LogP contribution in [0.1, 0.15) is 37.6 Å². The van der Waals surface area contributed by atoms with Crippen molar-refractivity contribution in [3.63, 3.8) is 0 Å². The van der Waals surface area contributed by atoms with Gasteiger partial charge in [0.15, 0.2) is 0 Å². The minimum atomic E-state index is 0.367. The van der Waals surface area contributed by atoms with Gasteiger partial charge in [-0.15, -0.1) is 0 Å².